The van der Waals surface area contributed by atoms with Crippen LogP contribution in [-0.4, -0.2) is 24.1 Å². The Kier molecular flexibility index (Phi) is 4.22. The lowest BCUT2D eigenvalue weighted by Gasteiger charge is -2.29. The highest BCUT2D eigenvalue weighted by Gasteiger charge is 2.20. The van der Waals surface area contributed by atoms with E-state index in [0.717, 1.165) is 23.4 Å². The number of fused-ring (bicyclic) bond motifs is 1. The maximum atomic E-state index is 4.53. The van der Waals surface area contributed by atoms with E-state index in [4.69, 9.17) is 0 Å². The zero-order chi connectivity index (χ0) is 13.9. The fraction of sp³-hybridized carbons (Fsp3) is 0.438. The minimum Gasteiger partial charge on any atom is -0.367 e. The van der Waals surface area contributed by atoms with Gasteiger partial charge in [-0.15, -0.1) is 0 Å². The summed E-state index contributed by atoms with van der Waals surface area (Å²) in [4.78, 5) is 4.53. The van der Waals surface area contributed by atoms with E-state index in [1.165, 1.54) is 23.6 Å². The second kappa shape index (κ2) is 6.10. The number of rotatable bonds is 3. The topological polar surface area (TPSA) is 37.0 Å². The molecule has 1 aliphatic rings. The lowest BCUT2D eigenvalue weighted by atomic mass is 9.93. The summed E-state index contributed by atoms with van der Waals surface area (Å²) in [7, 11) is 0. The van der Waals surface area contributed by atoms with E-state index >= 15 is 0 Å². The third-order valence-electron chi connectivity index (χ3n) is 4.16. The summed E-state index contributed by atoms with van der Waals surface area (Å²) < 4.78 is 1.12. The molecule has 0 amide bonds. The predicted octanol–water partition coefficient (Wildman–Crippen LogP) is 3.80. The Bertz CT molecular complexity index is 593. The molecule has 1 aromatic carbocycles. The van der Waals surface area contributed by atoms with Crippen LogP contribution in [0.15, 0.2) is 34.9 Å². The van der Waals surface area contributed by atoms with Crippen molar-refractivity contribution in [2.75, 3.05) is 18.4 Å². The number of aromatic nitrogens is 1. The van der Waals surface area contributed by atoms with Gasteiger partial charge in [-0.1, -0.05) is 28.1 Å². The van der Waals surface area contributed by atoms with Gasteiger partial charge in [0.1, 0.15) is 5.82 Å². The van der Waals surface area contributed by atoms with E-state index in [1.54, 1.807) is 0 Å². The lowest BCUT2D eigenvalue weighted by molar-refractivity contribution is 0.347. The molecule has 2 unspecified atom stereocenters. The monoisotopic (exact) mass is 333 g/mol. The largest absolute Gasteiger partial charge is 0.367 e. The molecule has 3 nitrogen and oxygen atoms in total. The van der Waals surface area contributed by atoms with Crippen LogP contribution in [0.5, 0.6) is 0 Å². The van der Waals surface area contributed by atoms with Crippen molar-refractivity contribution in [3.63, 3.8) is 0 Å². The van der Waals surface area contributed by atoms with Gasteiger partial charge in [-0.2, -0.15) is 0 Å². The van der Waals surface area contributed by atoms with Crippen LogP contribution in [0.1, 0.15) is 19.8 Å². The van der Waals surface area contributed by atoms with Crippen LogP contribution in [0.25, 0.3) is 10.8 Å². The van der Waals surface area contributed by atoms with E-state index in [1.807, 2.05) is 6.20 Å². The van der Waals surface area contributed by atoms with Crippen molar-refractivity contribution < 1.29 is 0 Å². The van der Waals surface area contributed by atoms with Crippen LogP contribution < -0.4 is 10.6 Å². The van der Waals surface area contributed by atoms with Gasteiger partial charge in [-0.05, 0) is 50.9 Å². The van der Waals surface area contributed by atoms with Gasteiger partial charge in [0.25, 0.3) is 0 Å². The fourth-order valence-corrected chi connectivity index (χ4v) is 3.42. The van der Waals surface area contributed by atoms with Gasteiger partial charge in [0.2, 0.25) is 0 Å². The van der Waals surface area contributed by atoms with Crippen LogP contribution in [0.4, 0.5) is 5.82 Å². The van der Waals surface area contributed by atoms with E-state index in [2.05, 4.69) is 62.7 Å². The number of hydrogen-bond acceptors (Lipinski definition) is 3. The van der Waals surface area contributed by atoms with Gasteiger partial charge in [-0.25, -0.2) is 4.98 Å². The first kappa shape index (κ1) is 13.8. The second-order valence-electron chi connectivity index (χ2n) is 5.53. The maximum absolute atomic E-state index is 4.53. The van der Waals surface area contributed by atoms with Gasteiger partial charge >= 0.3 is 0 Å². The smallest absolute Gasteiger partial charge is 0.134 e. The Balaban J connectivity index is 1.85. The SMILES string of the molecule is CC(Nc1nccc2c(Br)cccc12)C1CCCNC1. The van der Waals surface area contributed by atoms with Crippen LogP contribution >= 0.6 is 15.9 Å². The van der Waals surface area contributed by atoms with Crippen LogP contribution in [-0.2, 0) is 0 Å². The predicted molar refractivity (Wildman–Crippen MR) is 88.1 cm³/mol. The highest BCUT2D eigenvalue weighted by molar-refractivity contribution is 9.10. The molecule has 0 aliphatic carbocycles. The Morgan fingerprint density at radius 1 is 1.35 bits per heavy atom. The molecule has 1 aliphatic heterocycles. The standard InChI is InChI=1S/C16H20BrN3/c1-11(12-4-3-8-18-10-12)20-16-14-5-2-6-15(17)13(14)7-9-19-16/h2,5-7,9,11-12,18H,3-4,8,10H2,1H3,(H,19,20). The minimum absolute atomic E-state index is 0.430. The zero-order valence-electron chi connectivity index (χ0n) is 11.7. The molecule has 3 rings (SSSR count). The summed E-state index contributed by atoms with van der Waals surface area (Å²) in [5.74, 6) is 1.66. The van der Waals surface area contributed by atoms with Crippen molar-refractivity contribution in [1.29, 1.82) is 0 Å². The van der Waals surface area contributed by atoms with E-state index in [0.29, 0.717) is 12.0 Å². The average Bonchev–Trinajstić information content (AvgIpc) is 2.49. The van der Waals surface area contributed by atoms with Gasteiger partial charge in [-0.3, -0.25) is 0 Å². The molecular weight excluding hydrogens is 314 g/mol. The normalized spacial score (nSPS) is 20.8. The molecule has 0 radical (unpaired) electrons. The summed E-state index contributed by atoms with van der Waals surface area (Å²) in [6.45, 7) is 4.52. The number of nitrogens with zero attached hydrogens (tertiary/aromatic N) is 1. The number of piperidine rings is 1. The number of halogens is 1. The maximum Gasteiger partial charge on any atom is 0.134 e. The first-order valence-corrected chi connectivity index (χ1v) is 8.05. The Morgan fingerprint density at radius 2 is 2.25 bits per heavy atom. The second-order valence-corrected chi connectivity index (χ2v) is 6.39. The molecular formula is C16H20BrN3. The molecule has 2 atom stereocenters. The first-order valence-electron chi connectivity index (χ1n) is 7.26. The van der Waals surface area contributed by atoms with Gasteiger partial charge in [0, 0.05) is 27.5 Å². The number of nitrogens with one attached hydrogen (secondary N) is 2. The fourth-order valence-electron chi connectivity index (χ4n) is 2.92. The number of hydrogen-bond donors (Lipinski definition) is 2. The van der Waals surface area contributed by atoms with Crippen molar-refractivity contribution in [1.82, 2.24) is 10.3 Å². The molecule has 0 saturated carbocycles. The summed E-state index contributed by atoms with van der Waals surface area (Å²) >= 11 is 3.61. The quantitative estimate of drug-likeness (QED) is 0.897. The third-order valence-corrected chi connectivity index (χ3v) is 4.85. The average molecular weight is 334 g/mol. The number of pyridine rings is 1. The Morgan fingerprint density at radius 3 is 3.05 bits per heavy atom. The number of anilines is 1. The highest BCUT2D eigenvalue weighted by atomic mass is 79.9. The molecule has 4 heteroatoms. The van der Waals surface area contributed by atoms with Gasteiger partial charge in [0.15, 0.2) is 0 Å². The molecule has 1 saturated heterocycles. The third kappa shape index (κ3) is 2.81. The molecule has 20 heavy (non-hydrogen) atoms. The van der Waals surface area contributed by atoms with Crippen molar-refractivity contribution in [3.05, 3.63) is 34.9 Å². The molecule has 0 bridgehead atoms. The Hall–Kier alpha value is -1.13. The summed E-state index contributed by atoms with van der Waals surface area (Å²) in [6, 6.07) is 8.74. The molecule has 1 fully saturated rings. The lowest BCUT2D eigenvalue weighted by Crippen LogP contribution is -2.38. The molecule has 1 aromatic heterocycles. The van der Waals surface area contributed by atoms with Crippen LogP contribution in [0, 0.1) is 5.92 Å². The summed E-state index contributed by atoms with van der Waals surface area (Å²) in [5, 5.41) is 9.48. The molecule has 2 N–H and O–H groups in total. The van der Waals surface area contributed by atoms with Crippen molar-refractivity contribution >= 4 is 32.5 Å². The first-order chi connectivity index (χ1) is 9.75. The van der Waals surface area contributed by atoms with Crippen molar-refractivity contribution in [3.8, 4) is 0 Å². The van der Waals surface area contributed by atoms with Crippen molar-refractivity contribution in [2.45, 2.75) is 25.8 Å². The van der Waals surface area contributed by atoms with Gasteiger partial charge < -0.3 is 10.6 Å². The van der Waals surface area contributed by atoms with Crippen LogP contribution in [0.2, 0.25) is 0 Å². The summed E-state index contributed by atoms with van der Waals surface area (Å²) in [6.07, 6.45) is 4.43. The molecule has 2 heterocycles. The molecule has 0 spiro atoms. The highest BCUT2D eigenvalue weighted by Crippen LogP contribution is 2.29. The minimum atomic E-state index is 0.430. The summed E-state index contributed by atoms with van der Waals surface area (Å²) in [5.41, 5.74) is 0. The zero-order valence-corrected chi connectivity index (χ0v) is 13.3. The molecule has 2 aromatic rings. The van der Waals surface area contributed by atoms with Gasteiger partial charge in [0.05, 0.1) is 0 Å². The number of benzene rings is 1. The van der Waals surface area contributed by atoms with Crippen LogP contribution in [0.3, 0.4) is 0 Å². The van der Waals surface area contributed by atoms with E-state index in [-0.39, 0.29) is 0 Å². The Labute approximate surface area is 128 Å². The van der Waals surface area contributed by atoms with E-state index < -0.39 is 0 Å². The molecule has 106 valence electrons. The van der Waals surface area contributed by atoms with Crippen molar-refractivity contribution in [2.24, 2.45) is 5.92 Å². The van der Waals surface area contributed by atoms with E-state index in [9.17, 15) is 0 Å².